The predicted octanol–water partition coefficient (Wildman–Crippen LogP) is 6.42. The fourth-order valence-corrected chi connectivity index (χ4v) is 4.36. The van der Waals surface area contributed by atoms with Gasteiger partial charge in [-0.2, -0.15) is 4.98 Å². The van der Waals surface area contributed by atoms with Crippen molar-refractivity contribution < 1.29 is 9.26 Å². The Morgan fingerprint density at radius 3 is 2.53 bits per heavy atom. The highest BCUT2D eigenvalue weighted by Gasteiger charge is 2.21. The fraction of sp³-hybridized carbons (Fsp3) is 0.480. The zero-order valence-corrected chi connectivity index (χ0v) is 18.5. The topological polar surface area (TPSA) is 61.0 Å². The third-order valence-corrected chi connectivity index (χ3v) is 5.86. The molecule has 0 saturated heterocycles. The molecule has 0 atom stereocenters. The van der Waals surface area contributed by atoms with Crippen LogP contribution in [0, 0.1) is 13.8 Å². The van der Waals surface area contributed by atoms with Gasteiger partial charge in [0.05, 0.1) is 6.61 Å². The van der Waals surface area contributed by atoms with Crippen molar-refractivity contribution in [3.63, 3.8) is 0 Å². The van der Waals surface area contributed by atoms with Crippen molar-refractivity contribution in [2.24, 2.45) is 0 Å². The molecule has 0 spiro atoms. The first-order valence-corrected chi connectivity index (χ1v) is 11.2. The van der Waals surface area contributed by atoms with Gasteiger partial charge >= 0.3 is 0 Å². The summed E-state index contributed by atoms with van der Waals surface area (Å²) in [6.07, 6.45) is 6.90. The van der Waals surface area contributed by atoms with E-state index in [-0.39, 0.29) is 0 Å². The fourth-order valence-electron chi connectivity index (χ4n) is 4.36. The van der Waals surface area contributed by atoms with Gasteiger partial charge in [-0.25, -0.2) is 0 Å². The minimum Gasteiger partial charge on any atom is -0.493 e. The van der Waals surface area contributed by atoms with Crippen LogP contribution in [0.4, 0.5) is 0 Å². The van der Waals surface area contributed by atoms with Gasteiger partial charge in [-0.15, -0.1) is 0 Å². The van der Waals surface area contributed by atoms with Crippen molar-refractivity contribution >= 4 is 0 Å². The molecule has 3 aromatic rings. The first-order chi connectivity index (χ1) is 14.6. The van der Waals surface area contributed by atoms with Crippen molar-refractivity contribution in [1.82, 2.24) is 15.1 Å². The van der Waals surface area contributed by atoms with Crippen LogP contribution in [0.2, 0.25) is 0 Å². The molecule has 0 unspecified atom stereocenters. The van der Waals surface area contributed by atoms with Crippen LogP contribution in [0.15, 0.2) is 28.8 Å². The largest absolute Gasteiger partial charge is 0.493 e. The molecule has 0 N–H and O–H groups in total. The zero-order valence-electron chi connectivity index (χ0n) is 18.5. The summed E-state index contributed by atoms with van der Waals surface area (Å²) in [4.78, 5) is 9.49. The number of rotatable bonds is 7. The number of hydrogen-bond donors (Lipinski definition) is 0. The highest BCUT2D eigenvalue weighted by molar-refractivity contribution is 5.64. The van der Waals surface area contributed by atoms with Crippen LogP contribution in [0.3, 0.4) is 0 Å². The molecule has 5 heteroatoms. The number of pyridine rings is 1. The van der Waals surface area contributed by atoms with Crippen molar-refractivity contribution in [3.05, 3.63) is 46.8 Å². The highest BCUT2D eigenvalue weighted by atomic mass is 16.5. The number of aryl methyl sites for hydroxylation is 3. The molecule has 1 aliphatic carbocycles. The summed E-state index contributed by atoms with van der Waals surface area (Å²) in [5.74, 6) is 2.70. The molecule has 2 heterocycles. The molecule has 2 aromatic heterocycles. The van der Waals surface area contributed by atoms with E-state index in [4.69, 9.17) is 19.2 Å². The van der Waals surface area contributed by atoms with Gasteiger partial charge in [0.25, 0.3) is 5.89 Å². The van der Waals surface area contributed by atoms with Crippen molar-refractivity contribution in [2.45, 2.75) is 72.1 Å². The summed E-state index contributed by atoms with van der Waals surface area (Å²) in [5, 5.41) is 4.28. The number of nitrogens with zero attached hydrogens (tertiary/aromatic N) is 3. The first-order valence-electron chi connectivity index (χ1n) is 11.2. The van der Waals surface area contributed by atoms with Crippen LogP contribution in [-0.2, 0) is 6.42 Å². The van der Waals surface area contributed by atoms with E-state index in [0.717, 1.165) is 53.3 Å². The zero-order chi connectivity index (χ0) is 21.1. The van der Waals surface area contributed by atoms with Crippen LogP contribution in [0.25, 0.3) is 22.8 Å². The lowest BCUT2D eigenvalue weighted by Crippen LogP contribution is -2.01. The molecule has 1 fully saturated rings. The summed E-state index contributed by atoms with van der Waals surface area (Å²) in [7, 11) is 0. The third kappa shape index (κ3) is 4.25. The minimum atomic E-state index is 0.552. The lowest BCUT2D eigenvalue weighted by molar-refractivity contribution is 0.312. The first kappa shape index (κ1) is 20.6. The Labute approximate surface area is 178 Å². The Kier molecular flexibility index (Phi) is 6.16. The van der Waals surface area contributed by atoms with Crippen LogP contribution in [0.1, 0.15) is 74.4 Å². The molecule has 5 nitrogen and oxygen atoms in total. The van der Waals surface area contributed by atoms with Crippen LogP contribution >= 0.6 is 0 Å². The van der Waals surface area contributed by atoms with Gasteiger partial charge in [0.15, 0.2) is 0 Å². The average Bonchev–Trinajstić information content (AvgIpc) is 3.44. The van der Waals surface area contributed by atoms with E-state index in [0.29, 0.717) is 17.6 Å². The molecule has 0 radical (unpaired) electrons. The van der Waals surface area contributed by atoms with Crippen molar-refractivity contribution in [2.75, 3.05) is 6.61 Å². The lowest BCUT2D eigenvalue weighted by Gasteiger charge is -2.14. The number of hydrogen-bond acceptors (Lipinski definition) is 5. The van der Waals surface area contributed by atoms with Gasteiger partial charge in [0.1, 0.15) is 5.75 Å². The standard InChI is InChI=1S/C25H31N3O2/c1-5-11-29-23-16(3)12-20(14-18(23)6-2)24-27-25(30-28-24)21-13-17(4)26-22(15-21)19-9-7-8-10-19/h12-15,19H,5-11H2,1-4H3. The van der Waals surface area contributed by atoms with Crippen LogP contribution < -0.4 is 4.74 Å². The van der Waals surface area contributed by atoms with Crippen LogP contribution in [0.5, 0.6) is 5.75 Å². The van der Waals surface area contributed by atoms with E-state index in [1.165, 1.54) is 31.2 Å². The summed E-state index contributed by atoms with van der Waals surface area (Å²) in [5.41, 5.74) is 6.35. The highest BCUT2D eigenvalue weighted by Crippen LogP contribution is 2.35. The molecule has 1 saturated carbocycles. The molecule has 0 bridgehead atoms. The molecule has 1 aliphatic rings. The maximum absolute atomic E-state index is 5.98. The van der Waals surface area contributed by atoms with Gasteiger partial charge in [-0.05, 0) is 74.9 Å². The second kappa shape index (κ2) is 8.99. The summed E-state index contributed by atoms with van der Waals surface area (Å²) in [6, 6.07) is 8.36. The number of aromatic nitrogens is 3. The SMILES string of the molecule is CCCOc1c(C)cc(-c2noc(-c3cc(C)nc(C4CCCC4)c3)n2)cc1CC. The quantitative estimate of drug-likeness (QED) is 0.453. The molecule has 0 amide bonds. The number of ether oxygens (including phenoxy) is 1. The molecule has 158 valence electrons. The third-order valence-electron chi connectivity index (χ3n) is 5.86. The maximum atomic E-state index is 5.98. The van der Waals surface area contributed by atoms with E-state index >= 15 is 0 Å². The Bertz CT molecular complexity index is 1020. The molecule has 30 heavy (non-hydrogen) atoms. The molecule has 1 aromatic carbocycles. The van der Waals surface area contributed by atoms with Crippen molar-refractivity contribution in [1.29, 1.82) is 0 Å². The van der Waals surface area contributed by atoms with Crippen LogP contribution in [-0.4, -0.2) is 21.7 Å². The van der Waals surface area contributed by atoms with Gasteiger partial charge in [0, 0.05) is 28.4 Å². The molecule has 4 rings (SSSR count). The second-order valence-electron chi connectivity index (χ2n) is 8.31. The van der Waals surface area contributed by atoms with Gasteiger partial charge < -0.3 is 9.26 Å². The van der Waals surface area contributed by atoms with Gasteiger partial charge in [0.2, 0.25) is 5.82 Å². The summed E-state index contributed by atoms with van der Waals surface area (Å²) < 4.78 is 11.6. The molecule has 0 aliphatic heterocycles. The van der Waals surface area contributed by atoms with Crippen molar-refractivity contribution in [3.8, 4) is 28.6 Å². The predicted molar refractivity (Wildman–Crippen MR) is 119 cm³/mol. The maximum Gasteiger partial charge on any atom is 0.258 e. The lowest BCUT2D eigenvalue weighted by atomic mass is 10.0. The summed E-state index contributed by atoms with van der Waals surface area (Å²) in [6.45, 7) is 9.10. The second-order valence-corrected chi connectivity index (χ2v) is 8.31. The summed E-state index contributed by atoms with van der Waals surface area (Å²) >= 11 is 0. The van der Waals surface area contributed by atoms with E-state index < -0.39 is 0 Å². The van der Waals surface area contributed by atoms with E-state index in [1.807, 2.05) is 13.0 Å². The Morgan fingerprint density at radius 2 is 1.80 bits per heavy atom. The van der Waals surface area contributed by atoms with E-state index in [1.54, 1.807) is 0 Å². The normalized spacial score (nSPS) is 14.4. The minimum absolute atomic E-state index is 0.552. The smallest absolute Gasteiger partial charge is 0.258 e. The van der Waals surface area contributed by atoms with Gasteiger partial charge in [-0.3, -0.25) is 4.98 Å². The Hall–Kier alpha value is -2.69. The number of benzene rings is 1. The molecular formula is C25H31N3O2. The average molecular weight is 406 g/mol. The van der Waals surface area contributed by atoms with Gasteiger partial charge in [-0.1, -0.05) is 31.8 Å². The Balaban J connectivity index is 1.65. The monoisotopic (exact) mass is 405 g/mol. The molecular weight excluding hydrogens is 374 g/mol. The van der Waals surface area contributed by atoms with E-state index in [9.17, 15) is 0 Å². The van der Waals surface area contributed by atoms with E-state index in [2.05, 4.69) is 44.1 Å². The Morgan fingerprint density at radius 1 is 1.00 bits per heavy atom.